The summed E-state index contributed by atoms with van der Waals surface area (Å²) in [6.45, 7) is 8.80. The summed E-state index contributed by atoms with van der Waals surface area (Å²) < 4.78 is 33.5. The summed E-state index contributed by atoms with van der Waals surface area (Å²) >= 11 is 0. The zero-order valence-corrected chi connectivity index (χ0v) is 35.9. The molecule has 0 bridgehead atoms. The number of hydrogen-bond donors (Lipinski definition) is 2. The van der Waals surface area contributed by atoms with Gasteiger partial charge in [0.25, 0.3) is 11.8 Å². The van der Waals surface area contributed by atoms with Gasteiger partial charge in [-0.05, 0) is 37.8 Å². The minimum absolute atomic E-state index is 0.0346. The van der Waals surface area contributed by atoms with E-state index in [9.17, 15) is 24.0 Å². The Morgan fingerprint density at radius 3 is 1.51 bits per heavy atom. The fraction of sp³-hybridized carbons (Fsp3) is 0.756. The highest BCUT2D eigenvalue weighted by molar-refractivity contribution is 6.26. The molecule has 14 nitrogen and oxygen atoms in total. The van der Waals surface area contributed by atoms with Crippen LogP contribution in [0.4, 0.5) is 5.69 Å². The van der Waals surface area contributed by atoms with Crippen LogP contribution in [0, 0.1) is 0 Å². The lowest BCUT2D eigenvalue weighted by molar-refractivity contribution is -0.136. The van der Waals surface area contributed by atoms with Crippen LogP contribution in [-0.2, 0) is 42.8 Å². The molecule has 0 aromatic heterocycles. The number of rotatable bonds is 38. The number of fused-ring (bicyclic) bond motifs is 1. The highest BCUT2D eigenvalue weighted by Gasteiger charge is 2.45. The highest BCUT2D eigenvalue weighted by Crippen LogP contribution is 2.32. The third kappa shape index (κ3) is 21.2. The molecule has 59 heavy (non-hydrogen) atoms. The standard InChI is InChI=1S/C45H73N3O11/c1-2-3-4-5-6-7-8-9-10-11-12-13-14-17-25-54-27-29-56-31-33-58-35-36-59-34-32-57-30-28-55-26-18-15-16-22-40(49)46-38-21-19-20-37-42(38)45(53)48(44(37)52)39-23-24-41(50)47-43(39)51/h19-21,39H,2-18,22-36H2,1H3,(H,46,49)(H,47,50,51). The van der Waals surface area contributed by atoms with Gasteiger partial charge in [0.2, 0.25) is 17.7 Å². The average Bonchev–Trinajstić information content (AvgIpc) is 3.48. The minimum Gasteiger partial charge on any atom is -0.379 e. The van der Waals surface area contributed by atoms with Crippen LogP contribution < -0.4 is 10.6 Å². The Morgan fingerprint density at radius 2 is 1.03 bits per heavy atom. The number of benzene rings is 1. The minimum atomic E-state index is -1.07. The molecule has 0 saturated carbocycles. The van der Waals surface area contributed by atoms with E-state index in [-0.39, 0.29) is 42.0 Å². The van der Waals surface area contributed by atoms with Crippen molar-refractivity contribution in [3.05, 3.63) is 29.3 Å². The summed E-state index contributed by atoms with van der Waals surface area (Å²) in [6.07, 6.45) is 21.6. The Kier molecular flexibility index (Phi) is 27.6. The SMILES string of the molecule is CCCCCCCCCCCCCCCCOCCOCCOCCOCCOCCOCCCCCC(=O)Nc1cccc2c1C(=O)N(C1CCC(=O)NC1=O)C2=O. The number of ether oxygens (including phenoxy) is 6. The lowest BCUT2D eigenvalue weighted by atomic mass is 10.0. The number of hydrogen-bond acceptors (Lipinski definition) is 11. The first kappa shape index (κ1) is 50.1. The molecule has 1 saturated heterocycles. The second-order valence-electron chi connectivity index (χ2n) is 15.3. The summed E-state index contributed by atoms with van der Waals surface area (Å²) in [7, 11) is 0. The van der Waals surface area contributed by atoms with E-state index in [0.717, 1.165) is 30.8 Å². The zero-order chi connectivity index (χ0) is 42.2. The maximum Gasteiger partial charge on any atom is 0.264 e. The molecule has 2 heterocycles. The topological polar surface area (TPSA) is 168 Å². The van der Waals surface area contributed by atoms with Gasteiger partial charge in [-0.3, -0.25) is 34.2 Å². The van der Waals surface area contributed by atoms with Gasteiger partial charge in [-0.25, -0.2) is 0 Å². The second-order valence-corrected chi connectivity index (χ2v) is 15.3. The van der Waals surface area contributed by atoms with Crippen molar-refractivity contribution in [2.45, 2.75) is 141 Å². The third-order valence-electron chi connectivity index (χ3n) is 10.4. The maximum atomic E-state index is 13.2. The highest BCUT2D eigenvalue weighted by atomic mass is 16.6. The van der Waals surface area contributed by atoms with Gasteiger partial charge in [-0.15, -0.1) is 0 Å². The summed E-state index contributed by atoms with van der Waals surface area (Å²) in [6, 6.07) is 3.56. The molecular weight excluding hydrogens is 759 g/mol. The van der Waals surface area contributed by atoms with E-state index in [4.69, 9.17) is 28.4 Å². The number of anilines is 1. The summed E-state index contributed by atoms with van der Waals surface area (Å²) in [5.74, 6) is -2.68. The molecule has 1 unspecified atom stereocenters. The van der Waals surface area contributed by atoms with Crippen LogP contribution in [0.3, 0.4) is 0 Å². The van der Waals surface area contributed by atoms with E-state index in [0.29, 0.717) is 79.1 Å². The van der Waals surface area contributed by atoms with Crippen LogP contribution >= 0.6 is 0 Å². The fourth-order valence-electron chi connectivity index (χ4n) is 7.10. The molecule has 5 amide bonds. The molecule has 1 fully saturated rings. The number of imide groups is 2. The Bertz CT molecular complexity index is 1360. The number of nitrogens with zero attached hydrogens (tertiary/aromatic N) is 1. The van der Waals surface area contributed by atoms with Gasteiger partial charge in [0.05, 0.1) is 82.9 Å². The summed E-state index contributed by atoms with van der Waals surface area (Å²) in [5.41, 5.74) is 0.408. The van der Waals surface area contributed by atoms with E-state index in [1.165, 1.54) is 89.5 Å². The predicted molar refractivity (Wildman–Crippen MR) is 225 cm³/mol. The Hall–Kier alpha value is -3.27. The molecule has 2 aliphatic rings. The Balaban J connectivity index is 1.01. The molecule has 0 spiro atoms. The van der Waals surface area contributed by atoms with Crippen LogP contribution in [0.25, 0.3) is 0 Å². The van der Waals surface area contributed by atoms with Gasteiger partial charge in [0.15, 0.2) is 0 Å². The smallest absolute Gasteiger partial charge is 0.264 e. The Labute approximate surface area is 352 Å². The van der Waals surface area contributed by atoms with Gasteiger partial charge in [-0.1, -0.05) is 103 Å². The van der Waals surface area contributed by atoms with Crippen LogP contribution in [0.2, 0.25) is 0 Å². The molecule has 1 aromatic rings. The first-order valence-electron chi connectivity index (χ1n) is 22.5. The normalized spacial score (nSPS) is 15.3. The van der Waals surface area contributed by atoms with Crippen molar-refractivity contribution < 1.29 is 52.4 Å². The molecule has 14 heteroatoms. The molecule has 2 N–H and O–H groups in total. The van der Waals surface area contributed by atoms with E-state index < -0.39 is 29.7 Å². The van der Waals surface area contributed by atoms with Crippen molar-refractivity contribution in [3.63, 3.8) is 0 Å². The quantitative estimate of drug-likeness (QED) is 0.0512. The van der Waals surface area contributed by atoms with Gasteiger partial charge in [-0.2, -0.15) is 0 Å². The van der Waals surface area contributed by atoms with Gasteiger partial charge in [0.1, 0.15) is 6.04 Å². The predicted octanol–water partition coefficient (Wildman–Crippen LogP) is 7.17. The monoisotopic (exact) mass is 832 g/mol. The molecule has 0 aliphatic carbocycles. The number of carbonyl (C=O) groups excluding carboxylic acids is 5. The molecule has 1 aromatic carbocycles. The molecule has 2 aliphatic heterocycles. The van der Waals surface area contributed by atoms with Gasteiger partial charge >= 0.3 is 0 Å². The summed E-state index contributed by atoms with van der Waals surface area (Å²) in [4.78, 5) is 63.6. The average molecular weight is 832 g/mol. The fourth-order valence-corrected chi connectivity index (χ4v) is 7.10. The largest absolute Gasteiger partial charge is 0.379 e. The first-order chi connectivity index (χ1) is 28.9. The van der Waals surface area contributed by atoms with E-state index in [1.54, 1.807) is 12.1 Å². The van der Waals surface area contributed by atoms with Crippen LogP contribution in [0.5, 0.6) is 0 Å². The number of nitrogens with one attached hydrogen (secondary N) is 2. The van der Waals surface area contributed by atoms with E-state index in [1.807, 2.05) is 0 Å². The molecule has 1 atom stereocenters. The van der Waals surface area contributed by atoms with Crippen molar-refractivity contribution >= 4 is 35.2 Å². The van der Waals surface area contributed by atoms with Crippen molar-refractivity contribution in [1.82, 2.24) is 10.2 Å². The number of carbonyl (C=O) groups is 5. The lowest BCUT2D eigenvalue weighted by Gasteiger charge is -2.27. The summed E-state index contributed by atoms with van der Waals surface area (Å²) in [5, 5.41) is 4.92. The lowest BCUT2D eigenvalue weighted by Crippen LogP contribution is -2.54. The van der Waals surface area contributed by atoms with E-state index >= 15 is 0 Å². The third-order valence-corrected chi connectivity index (χ3v) is 10.4. The van der Waals surface area contributed by atoms with Crippen molar-refractivity contribution in [2.75, 3.05) is 84.6 Å². The van der Waals surface area contributed by atoms with Crippen LogP contribution in [0.1, 0.15) is 156 Å². The van der Waals surface area contributed by atoms with Crippen LogP contribution in [0.15, 0.2) is 18.2 Å². The molecule has 3 rings (SSSR count). The van der Waals surface area contributed by atoms with Crippen molar-refractivity contribution in [3.8, 4) is 0 Å². The molecule has 334 valence electrons. The number of unbranched alkanes of at least 4 members (excludes halogenated alkanes) is 15. The van der Waals surface area contributed by atoms with Gasteiger partial charge in [0, 0.05) is 26.1 Å². The van der Waals surface area contributed by atoms with Crippen LogP contribution in [-0.4, -0.2) is 120 Å². The first-order valence-corrected chi connectivity index (χ1v) is 22.5. The van der Waals surface area contributed by atoms with Crippen molar-refractivity contribution in [2.24, 2.45) is 0 Å². The second kappa shape index (κ2) is 32.5. The molecular formula is C45H73N3O11. The van der Waals surface area contributed by atoms with E-state index in [2.05, 4.69) is 17.6 Å². The number of amides is 5. The molecule has 0 radical (unpaired) electrons. The Morgan fingerprint density at radius 1 is 0.593 bits per heavy atom. The zero-order valence-electron chi connectivity index (χ0n) is 35.9. The van der Waals surface area contributed by atoms with Crippen molar-refractivity contribution in [1.29, 1.82) is 0 Å². The maximum absolute atomic E-state index is 13.2. The number of piperidine rings is 1. The van der Waals surface area contributed by atoms with Gasteiger partial charge < -0.3 is 33.7 Å².